The van der Waals surface area contributed by atoms with Crippen molar-refractivity contribution in [1.29, 1.82) is 0 Å². The van der Waals surface area contributed by atoms with Gasteiger partial charge in [0.1, 0.15) is 0 Å². The quantitative estimate of drug-likeness (QED) is 0.621. The van der Waals surface area contributed by atoms with Crippen LogP contribution in [0.2, 0.25) is 0 Å². The normalized spacial score (nSPS) is 11.4. The third-order valence-electron chi connectivity index (χ3n) is 2.68. The zero-order valence-corrected chi connectivity index (χ0v) is 12.4. The Labute approximate surface area is 116 Å². The van der Waals surface area contributed by atoms with Crippen molar-refractivity contribution in [2.45, 2.75) is 33.4 Å². The maximum atomic E-state index is 5.42. The maximum Gasteiger partial charge on any atom is 0.0700 e. The second-order valence-electron chi connectivity index (χ2n) is 5.10. The summed E-state index contributed by atoms with van der Waals surface area (Å²) in [6.07, 6.45) is 5.01. The van der Waals surface area contributed by atoms with E-state index in [1.54, 1.807) is 7.11 Å². The summed E-state index contributed by atoms with van der Waals surface area (Å²) in [5.74, 6) is 0.680. The SMILES string of the molecule is COCCOCCCn1cc(CNCC(C)C)cn1. The highest BCUT2D eigenvalue weighted by Crippen LogP contribution is 1.99. The van der Waals surface area contributed by atoms with E-state index in [1.807, 2.05) is 10.9 Å². The van der Waals surface area contributed by atoms with Gasteiger partial charge in [0, 0.05) is 38.6 Å². The number of ether oxygens (including phenoxy) is 2. The van der Waals surface area contributed by atoms with Crippen LogP contribution in [-0.4, -0.2) is 43.3 Å². The van der Waals surface area contributed by atoms with Crippen LogP contribution in [0.3, 0.4) is 0 Å². The minimum absolute atomic E-state index is 0.660. The van der Waals surface area contributed by atoms with E-state index in [9.17, 15) is 0 Å². The first-order chi connectivity index (χ1) is 9.22. The van der Waals surface area contributed by atoms with Gasteiger partial charge in [0.25, 0.3) is 0 Å². The summed E-state index contributed by atoms with van der Waals surface area (Å²) < 4.78 is 12.3. The Bertz CT molecular complexity index is 326. The molecule has 0 unspecified atom stereocenters. The van der Waals surface area contributed by atoms with Crippen LogP contribution >= 0.6 is 0 Å². The Kier molecular flexibility index (Phi) is 8.45. The molecule has 1 N–H and O–H groups in total. The van der Waals surface area contributed by atoms with Crippen molar-refractivity contribution in [2.75, 3.05) is 33.5 Å². The van der Waals surface area contributed by atoms with E-state index < -0.39 is 0 Å². The lowest BCUT2D eigenvalue weighted by Crippen LogP contribution is -2.18. The summed E-state index contributed by atoms with van der Waals surface area (Å²) in [7, 11) is 1.68. The molecule has 0 saturated carbocycles. The number of nitrogens with one attached hydrogen (secondary N) is 1. The Hall–Kier alpha value is -0.910. The van der Waals surface area contributed by atoms with Crippen molar-refractivity contribution in [3.63, 3.8) is 0 Å². The maximum absolute atomic E-state index is 5.42. The van der Waals surface area contributed by atoms with Crippen LogP contribution in [0.1, 0.15) is 25.8 Å². The molecule has 0 bridgehead atoms. The molecule has 19 heavy (non-hydrogen) atoms. The number of rotatable bonds is 11. The number of methoxy groups -OCH3 is 1. The van der Waals surface area contributed by atoms with E-state index in [4.69, 9.17) is 9.47 Å². The van der Waals surface area contributed by atoms with Gasteiger partial charge in [-0.25, -0.2) is 0 Å². The molecule has 0 amide bonds. The lowest BCUT2D eigenvalue weighted by Gasteiger charge is -2.05. The van der Waals surface area contributed by atoms with Crippen molar-refractivity contribution in [3.8, 4) is 0 Å². The fourth-order valence-electron chi connectivity index (χ4n) is 1.70. The van der Waals surface area contributed by atoms with E-state index in [2.05, 4.69) is 30.5 Å². The van der Waals surface area contributed by atoms with Gasteiger partial charge in [0.05, 0.1) is 19.4 Å². The molecule has 0 radical (unpaired) electrons. The number of aromatic nitrogens is 2. The summed E-state index contributed by atoms with van der Waals surface area (Å²) in [5, 5.41) is 7.76. The van der Waals surface area contributed by atoms with Crippen LogP contribution in [0.5, 0.6) is 0 Å². The molecule has 0 spiro atoms. The molecule has 5 nitrogen and oxygen atoms in total. The summed E-state index contributed by atoms with van der Waals surface area (Å²) in [6, 6.07) is 0. The summed E-state index contributed by atoms with van der Waals surface area (Å²) in [5.41, 5.74) is 1.24. The number of nitrogens with zero attached hydrogens (tertiary/aromatic N) is 2. The van der Waals surface area contributed by atoms with Crippen LogP contribution in [0.25, 0.3) is 0 Å². The van der Waals surface area contributed by atoms with Crippen LogP contribution in [0.15, 0.2) is 12.4 Å². The number of hydrogen-bond acceptors (Lipinski definition) is 4. The van der Waals surface area contributed by atoms with Gasteiger partial charge in [-0.05, 0) is 18.9 Å². The molecule has 1 aromatic heterocycles. The van der Waals surface area contributed by atoms with Crippen LogP contribution in [-0.2, 0) is 22.6 Å². The van der Waals surface area contributed by atoms with E-state index in [1.165, 1.54) is 5.56 Å². The van der Waals surface area contributed by atoms with Crippen molar-refractivity contribution in [1.82, 2.24) is 15.1 Å². The molecule has 0 aliphatic heterocycles. The van der Waals surface area contributed by atoms with Crippen molar-refractivity contribution >= 4 is 0 Å². The zero-order valence-electron chi connectivity index (χ0n) is 12.4. The minimum Gasteiger partial charge on any atom is -0.382 e. The molecule has 0 atom stereocenters. The van der Waals surface area contributed by atoms with Gasteiger partial charge < -0.3 is 14.8 Å². The third-order valence-corrected chi connectivity index (χ3v) is 2.68. The lowest BCUT2D eigenvalue weighted by atomic mass is 10.2. The van der Waals surface area contributed by atoms with Gasteiger partial charge in [-0.2, -0.15) is 5.10 Å². The van der Waals surface area contributed by atoms with Crippen LogP contribution in [0.4, 0.5) is 0 Å². The first kappa shape index (κ1) is 16.1. The Morgan fingerprint density at radius 1 is 1.32 bits per heavy atom. The second-order valence-corrected chi connectivity index (χ2v) is 5.10. The highest BCUT2D eigenvalue weighted by molar-refractivity contribution is 5.03. The van der Waals surface area contributed by atoms with Gasteiger partial charge in [0.2, 0.25) is 0 Å². The summed E-state index contributed by atoms with van der Waals surface area (Å²) in [4.78, 5) is 0. The van der Waals surface area contributed by atoms with E-state index >= 15 is 0 Å². The number of hydrogen-bond donors (Lipinski definition) is 1. The fraction of sp³-hybridized carbons (Fsp3) is 0.786. The Balaban J connectivity index is 2.09. The summed E-state index contributed by atoms with van der Waals surface area (Å²) >= 11 is 0. The molecular formula is C14H27N3O2. The topological polar surface area (TPSA) is 48.3 Å². The van der Waals surface area contributed by atoms with Gasteiger partial charge in [-0.3, -0.25) is 4.68 Å². The van der Waals surface area contributed by atoms with Gasteiger partial charge >= 0.3 is 0 Å². The molecule has 110 valence electrons. The predicted molar refractivity (Wildman–Crippen MR) is 76.1 cm³/mol. The molecule has 0 fully saturated rings. The van der Waals surface area contributed by atoms with Gasteiger partial charge in [0.15, 0.2) is 0 Å². The predicted octanol–water partition coefficient (Wildman–Crippen LogP) is 1.68. The van der Waals surface area contributed by atoms with Crippen molar-refractivity contribution < 1.29 is 9.47 Å². The largest absolute Gasteiger partial charge is 0.382 e. The average Bonchev–Trinajstić information content (AvgIpc) is 2.81. The monoisotopic (exact) mass is 269 g/mol. The molecule has 5 heteroatoms. The van der Waals surface area contributed by atoms with Crippen LogP contribution < -0.4 is 5.32 Å². The Morgan fingerprint density at radius 3 is 2.89 bits per heavy atom. The van der Waals surface area contributed by atoms with Gasteiger partial charge in [-0.15, -0.1) is 0 Å². The van der Waals surface area contributed by atoms with E-state index in [-0.39, 0.29) is 0 Å². The smallest absolute Gasteiger partial charge is 0.0700 e. The number of aryl methyl sites for hydroxylation is 1. The minimum atomic E-state index is 0.660. The molecule has 1 rings (SSSR count). The van der Waals surface area contributed by atoms with E-state index in [0.717, 1.165) is 32.7 Å². The standard InChI is InChI=1S/C14H27N3O2/c1-13(2)9-15-10-14-11-16-17(12-14)5-4-6-19-8-7-18-3/h11-13,15H,4-10H2,1-3H3. The highest BCUT2D eigenvalue weighted by atomic mass is 16.5. The Morgan fingerprint density at radius 2 is 2.16 bits per heavy atom. The molecule has 1 heterocycles. The van der Waals surface area contributed by atoms with E-state index in [0.29, 0.717) is 19.1 Å². The van der Waals surface area contributed by atoms with Crippen molar-refractivity contribution in [2.24, 2.45) is 5.92 Å². The molecule has 0 aromatic carbocycles. The molecule has 1 aromatic rings. The molecule has 0 saturated heterocycles. The molecule has 0 aliphatic rings. The van der Waals surface area contributed by atoms with Crippen molar-refractivity contribution in [3.05, 3.63) is 18.0 Å². The first-order valence-electron chi connectivity index (χ1n) is 7.01. The third kappa shape index (κ3) is 7.97. The zero-order chi connectivity index (χ0) is 13.9. The average molecular weight is 269 g/mol. The van der Waals surface area contributed by atoms with Crippen LogP contribution in [0, 0.1) is 5.92 Å². The highest BCUT2D eigenvalue weighted by Gasteiger charge is 1.99. The van der Waals surface area contributed by atoms with Gasteiger partial charge in [-0.1, -0.05) is 13.8 Å². The molecular weight excluding hydrogens is 242 g/mol. The summed E-state index contributed by atoms with van der Waals surface area (Å²) in [6.45, 7) is 9.33. The first-order valence-corrected chi connectivity index (χ1v) is 7.01. The second kappa shape index (κ2) is 9.95. The fourth-order valence-corrected chi connectivity index (χ4v) is 1.70. The molecule has 0 aliphatic carbocycles. The lowest BCUT2D eigenvalue weighted by molar-refractivity contribution is 0.0677.